The lowest BCUT2D eigenvalue weighted by Gasteiger charge is -2.32. The molecule has 1 aromatic carbocycles. The Kier molecular flexibility index (Phi) is 5.42. The van der Waals surface area contributed by atoms with Crippen molar-refractivity contribution in [1.29, 1.82) is 0 Å². The molecule has 5 N–H and O–H groups in total. The zero-order chi connectivity index (χ0) is 20.3. The molecular formula is C22H30N8. The third-order valence-corrected chi connectivity index (χ3v) is 6.25. The molecule has 5 rings (SSSR count). The average molecular weight is 407 g/mol. The average Bonchev–Trinajstić information content (AvgIpc) is 3.28. The van der Waals surface area contributed by atoms with E-state index in [4.69, 9.17) is 10.7 Å². The van der Waals surface area contributed by atoms with E-state index in [0.717, 1.165) is 81.2 Å². The van der Waals surface area contributed by atoms with Gasteiger partial charge in [0.1, 0.15) is 11.5 Å². The van der Waals surface area contributed by atoms with Gasteiger partial charge in [-0.3, -0.25) is 0 Å². The van der Waals surface area contributed by atoms with Crippen molar-refractivity contribution in [3.63, 3.8) is 0 Å². The maximum absolute atomic E-state index is 5.86. The minimum atomic E-state index is 0.621. The zero-order valence-electron chi connectivity index (χ0n) is 17.3. The summed E-state index contributed by atoms with van der Waals surface area (Å²) >= 11 is 0. The summed E-state index contributed by atoms with van der Waals surface area (Å²) in [6, 6.07) is 10.6. The number of fused-ring (bicyclic) bond motifs is 1. The molecule has 0 atom stereocenters. The summed E-state index contributed by atoms with van der Waals surface area (Å²) in [7, 11) is 0. The normalized spacial score (nSPS) is 18.2. The van der Waals surface area contributed by atoms with E-state index in [1.54, 1.807) is 0 Å². The maximum Gasteiger partial charge on any atom is 0.231 e. The predicted molar refractivity (Wildman–Crippen MR) is 123 cm³/mol. The molecule has 0 radical (unpaired) electrons. The summed E-state index contributed by atoms with van der Waals surface area (Å²) in [4.78, 5) is 17.6. The van der Waals surface area contributed by atoms with Crippen molar-refractivity contribution in [2.75, 3.05) is 60.9 Å². The highest BCUT2D eigenvalue weighted by atomic mass is 15.2. The van der Waals surface area contributed by atoms with Crippen LogP contribution in [0.15, 0.2) is 36.5 Å². The first-order valence-corrected chi connectivity index (χ1v) is 10.9. The van der Waals surface area contributed by atoms with E-state index in [0.29, 0.717) is 11.9 Å². The number of anilines is 4. The van der Waals surface area contributed by atoms with Crippen LogP contribution < -0.4 is 26.2 Å². The van der Waals surface area contributed by atoms with Crippen LogP contribution in [0.1, 0.15) is 12.8 Å². The van der Waals surface area contributed by atoms with Gasteiger partial charge in [-0.2, -0.15) is 9.97 Å². The lowest BCUT2D eigenvalue weighted by molar-refractivity contribution is 0.413. The summed E-state index contributed by atoms with van der Waals surface area (Å²) < 4.78 is 0. The molecule has 0 bridgehead atoms. The van der Waals surface area contributed by atoms with Crippen LogP contribution in [0.3, 0.4) is 0 Å². The summed E-state index contributed by atoms with van der Waals surface area (Å²) in [6.07, 6.45) is 4.16. The van der Waals surface area contributed by atoms with E-state index >= 15 is 0 Å². The van der Waals surface area contributed by atoms with Gasteiger partial charge in [-0.25, -0.2) is 0 Å². The van der Waals surface area contributed by atoms with Gasteiger partial charge in [-0.05, 0) is 55.6 Å². The number of piperazine rings is 1. The van der Waals surface area contributed by atoms with Gasteiger partial charge in [0.15, 0.2) is 0 Å². The van der Waals surface area contributed by atoms with Gasteiger partial charge < -0.3 is 31.2 Å². The summed E-state index contributed by atoms with van der Waals surface area (Å²) in [5.41, 5.74) is 8.98. The predicted octanol–water partition coefficient (Wildman–Crippen LogP) is 2.29. The molecule has 2 aliphatic rings. The minimum Gasteiger partial charge on any atom is -0.369 e. The van der Waals surface area contributed by atoms with Gasteiger partial charge in [0.2, 0.25) is 5.95 Å². The van der Waals surface area contributed by atoms with E-state index in [-0.39, 0.29) is 0 Å². The fraction of sp³-hybridized carbons (Fsp3) is 0.455. The second kappa shape index (κ2) is 8.49. The number of piperidine rings is 1. The molecule has 8 heteroatoms. The first kappa shape index (κ1) is 19.1. The molecule has 0 saturated carbocycles. The summed E-state index contributed by atoms with van der Waals surface area (Å²) in [5, 5.41) is 7.86. The summed E-state index contributed by atoms with van der Waals surface area (Å²) in [6.45, 7) is 6.90. The molecule has 0 unspecified atom stereocenters. The molecular weight excluding hydrogens is 376 g/mol. The topological polar surface area (TPSA) is 98.1 Å². The number of H-pyrrole nitrogens is 1. The van der Waals surface area contributed by atoms with E-state index < -0.39 is 0 Å². The van der Waals surface area contributed by atoms with Crippen molar-refractivity contribution in [1.82, 2.24) is 20.3 Å². The lowest BCUT2D eigenvalue weighted by atomic mass is 9.97. The van der Waals surface area contributed by atoms with E-state index in [1.165, 1.54) is 5.69 Å². The molecule has 0 spiro atoms. The Hall–Kier alpha value is -2.84. The van der Waals surface area contributed by atoms with E-state index in [9.17, 15) is 0 Å². The number of aromatic amines is 1. The van der Waals surface area contributed by atoms with Crippen LogP contribution in [-0.4, -0.2) is 60.8 Å². The van der Waals surface area contributed by atoms with Crippen LogP contribution in [0, 0.1) is 5.92 Å². The van der Waals surface area contributed by atoms with Crippen LogP contribution in [0.5, 0.6) is 0 Å². The number of nitrogens with zero attached hydrogens (tertiary/aromatic N) is 4. The summed E-state index contributed by atoms with van der Waals surface area (Å²) in [5.74, 6) is 2.24. The van der Waals surface area contributed by atoms with Gasteiger partial charge in [-0.15, -0.1) is 0 Å². The number of hydrogen-bond acceptors (Lipinski definition) is 7. The Labute approximate surface area is 176 Å². The Morgan fingerprint density at radius 3 is 2.47 bits per heavy atom. The van der Waals surface area contributed by atoms with Crippen molar-refractivity contribution in [3.05, 3.63) is 36.5 Å². The third-order valence-electron chi connectivity index (χ3n) is 6.25. The second-order valence-corrected chi connectivity index (χ2v) is 8.19. The fourth-order valence-electron chi connectivity index (χ4n) is 4.41. The third kappa shape index (κ3) is 3.93. The second-order valence-electron chi connectivity index (χ2n) is 8.19. The highest BCUT2D eigenvalue weighted by Crippen LogP contribution is 2.29. The van der Waals surface area contributed by atoms with Crippen molar-refractivity contribution in [3.8, 4) is 0 Å². The zero-order valence-corrected chi connectivity index (χ0v) is 17.3. The van der Waals surface area contributed by atoms with Crippen LogP contribution >= 0.6 is 0 Å². The highest BCUT2D eigenvalue weighted by molar-refractivity contribution is 5.89. The number of rotatable bonds is 5. The molecule has 2 saturated heterocycles. The van der Waals surface area contributed by atoms with Crippen molar-refractivity contribution in [2.24, 2.45) is 11.7 Å². The van der Waals surface area contributed by atoms with Gasteiger partial charge >= 0.3 is 0 Å². The van der Waals surface area contributed by atoms with Crippen LogP contribution in [0.25, 0.3) is 11.0 Å². The fourth-order valence-corrected chi connectivity index (χ4v) is 4.41. The molecule has 30 heavy (non-hydrogen) atoms. The molecule has 0 aliphatic carbocycles. The van der Waals surface area contributed by atoms with Gasteiger partial charge in [0.05, 0.1) is 5.39 Å². The molecule has 158 valence electrons. The number of nitrogens with one attached hydrogen (secondary N) is 3. The number of benzene rings is 1. The standard InChI is InChI=1S/C22H30N8/c23-15-16-6-11-30(12-7-16)21-19-5-8-25-20(19)27-22(28-21)26-17-1-3-18(4-2-17)29-13-9-24-10-14-29/h1-5,8,16,24H,6-7,9-15,23H2,(H2,25,26,27,28). The number of hydrogen-bond donors (Lipinski definition) is 4. The number of nitrogens with two attached hydrogens (primary N) is 1. The molecule has 2 fully saturated rings. The van der Waals surface area contributed by atoms with Crippen LogP contribution in [0.4, 0.5) is 23.1 Å². The van der Waals surface area contributed by atoms with Crippen molar-refractivity contribution >= 4 is 34.2 Å². The highest BCUT2D eigenvalue weighted by Gasteiger charge is 2.22. The molecule has 4 heterocycles. The first-order valence-electron chi connectivity index (χ1n) is 10.9. The minimum absolute atomic E-state index is 0.621. The maximum atomic E-state index is 5.86. The monoisotopic (exact) mass is 406 g/mol. The SMILES string of the molecule is NCC1CCN(c2nc(Nc3ccc(N4CCNCC4)cc3)nc3[nH]ccc23)CC1. The Balaban J connectivity index is 1.36. The molecule has 2 aromatic heterocycles. The molecule has 2 aliphatic heterocycles. The number of aromatic nitrogens is 3. The van der Waals surface area contributed by atoms with Gasteiger partial charge in [0.25, 0.3) is 0 Å². The largest absolute Gasteiger partial charge is 0.369 e. The molecule has 8 nitrogen and oxygen atoms in total. The van der Waals surface area contributed by atoms with Crippen LogP contribution in [-0.2, 0) is 0 Å². The van der Waals surface area contributed by atoms with E-state index in [2.05, 4.69) is 60.7 Å². The quantitative estimate of drug-likeness (QED) is 0.516. The van der Waals surface area contributed by atoms with Crippen LogP contribution in [0.2, 0.25) is 0 Å². The molecule has 3 aromatic rings. The Morgan fingerprint density at radius 1 is 0.967 bits per heavy atom. The lowest BCUT2D eigenvalue weighted by Crippen LogP contribution is -2.43. The molecule has 0 amide bonds. The smallest absolute Gasteiger partial charge is 0.231 e. The van der Waals surface area contributed by atoms with E-state index in [1.807, 2.05) is 6.20 Å². The van der Waals surface area contributed by atoms with Gasteiger partial charge in [0, 0.05) is 56.8 Å². The van der Waals surface area contributed by atoms with Crippen molar-refractivity contribution < 1.29 is 0 Å². The Bertz CT molecular complexity index is 968. The first-order chi connectivity index (χ1) is 14.8. The van der Waals surface area contributed by atoms with Gasteiger partial charge in [-0.1, -0.05) is 0 Å². The Morgan fingerprint density at radius 2 is 1.73 bits per heavy atom. The van der Waals surface area contributed by atoms with Crippen molar-refractivity contribution in [2.45, 2.75) is 12.8 Å².